The molecule has 2 rings (SSSR count). The van der Waals surface area contributed by atoms with Crippen LogP contribution in [0.1, 0.15) is 25.3 Å². The largest absolute Gasteiger partial charge is 0.398 e. The fourth-order valence-electron chi connectivity index (χ4n) is 1.84. The molecule has 0 amide bonds. The first-order chi connectivity index (χ1) is 8.08. The fourth-order valence-corrected chi connectivity index (χ4v) is 1.84. The number of hydrogen-bond acceptors (Lipinski definition) is 1. The second-order valence-electron chi connectivity index (χ2n) is 4.51. The Morgan fingerprint density at radius 3 is 2.18 bits per heavy atom. The van der Waals surface area contributed by atoms with Crippen LogP contribution in [0.3, 0.4) is 0 Å². The first kappa shape index (κ1) is 11.6. The number of benzene rings is 2. The van der Waals surface area contributed by atoms with Gasteiger partial charge in [-0.25, -0.2) is 4.39 Å². The Morgan fingerprint density at radius 1 is 1.00 bits per heavy atom. The summed E-state index contributed by atoms with van der Waals surface area (Å²) in [5.74, 6) is 0.208. The van der Waals surface area contributed by atoms with Gasteiger partial charge in [-0.1, -0.05) is 38.1 Å². The summed E-state index contributed by atoms with van der Waals surface area (Å²) in [6.07, 6.45) is 0. The molecule has 0 aliphatic rings. The third-order valence-corrected chi connectivity index (χ3v) is 2.90. The van der Waals surface area contributed by atoms with E-state index in [2.05, 4.69) is 26.0 Å². The number of nitrogens with two attached hydrogens (primary N) is 1. The maximum atomic E-state index is 13.0. The van der Waals surface area contributed by atoms with E-state index in [1.807, 2.05) is 12.1 Å². The van der Waals surface area contributed by atoms with E-state index in [1.54, 1.807) is 6.07 Å². The predicted octanol–water partition coefficient (Wildman–Crippen LogP) is 4.20. The van der Waals surface area contributed by atoms with Gasteiger partial charge in [0.05, 0.1) is 0 Å². The van der Waals surface area contributed by atoms with Gasteiger partial charge in [-0.15, -0.1) is 0 Å². The van der Waals surface area contributed by atoms with Crippen LogP contribution >= 0.6 is 0 Å². The molecule has 0 saturated carbocycles. The first-order valence-corrected chi connectivity index (χ1v) is 5.73. The second-order valence-corrected chi connectivity index (χ2v) is 4.51. The fraction of sp³-hybridized carbons (Fsp3) is 0.200. The molecule has 88 valence electrons. The SMILES string of the molecule is CC(C)c1ccc(-c2ccc(F)cc2N)cc1. The van der Waals surface area contributed by atoms with Crippen molar-refractivity contribution in [1.82, 2.24) is 0 Å². The average Bonchev–Trinajstić information content (AvgIpc) is 2.29. The van der Waals surface area contributed by atoms with Crippen LogP contribution in [0.4, 0.5) is 10.1 Å². The van der Waals surface area contributed by atoms with Gasteiger partial charge in [0.2, 0.25) is 0 Å². The van der Waals surface area contributed by atoms with Crippen molar-refractivity contribution in [2.24, 2.45) is 0 Å². The Morgan fingerprint density at radius 2 is 1.65 bits per heavy atom. The van der Waals surface area contributed by atoms with Gasteiger partial charge in [-0.3, -0.25) is 0 Å². The first-order valence-electron chi connectivity index (χ1n) is 5.73. The Hall–Kier alpha value is -1.83. The molecular weight excluding hydrogens is 213 g/mol. The van der Waals surface area contributed by atoms with Crippen LogP contribution in [0.25, 0.3) is 11.1 Å². The predicted molar refractivity (Wildman–Crippen MR) is 70.3 cm³/mol. The summed E-state index contributed by atoms with van der Waals surface area (Å²) in [6.45, 7) is 4.31. The molecule has 1 nitrogen and oxygen atoms in total. The number of nitrogen functional groups attached to an aromatic ring is 1. The molecule has 2 N–H and O–H groups in total. The van der Waals surface area contributed by atoms with E-state index in [4.69, 9.17) is 5.73 Å². The van der Waals surface area contributed by atoms with Gasteiger partial charge in [0.1, 0.15) is 5.82 Å². The van der Waals surface area contributed by atoms with E-state index in [0.29, 0.717) is 11.6 Å². The lowest BCUT2D eigenvalue weighted by Crippen LogP contribution is -1.92. The van der Waals surface area contributed by atoms with Gasteiger partial charge in [0.25, 0.3) is 0 Å². The van der Waals surface area contributed by atoms with Crippen LogP contribution < -0.4 is 5.73 Å². The van der Waals surface area contributed by atoms with E-state index in [-0.39, 0.29) is 5.82 Å². The standard InChI is InChI=1S/C15H16FN/c1-10(2)11-3-5-12(6-4-11)14-8-7-13(16)9-15(14)17/h3-10H,17H2,1-2H3. The molecule has 17 heavy (non-hydrogen) atoms. The molecule has 0 heterocycles. The molecule has 0 radical (unpaired) electrons. The zero-order valence-electron chi connectivity index (χ0n) is 10.1. The highest BCUT2D eigenvalue weighted by Crippen LogP contribution is 2.27. The summed E-state index contributed by atoms with van der Waals surface area (Å²) < 4.78 is 13.0. The third kappa shape index (κ3) is 2.47. The molecule has 0 aliphatic heterocycles. The molecule has 0 bridgehead atoms. The second kappa shape index (κ2) is 4.58. The molecule has 0 fully saturated rings. The molecule has 0 atom stereocenters. The Balaban J connectivity index is 2.40. The molecule has 0 unspecified atom stereocenters. The highest BCUT2D eigenvalue weighted by molar-refractivity contribution is 5.76. The number of rotatable bonds is 2. The summed E-state index contributed by atoms with van der Waals surface area (Å²) in [5, 5.41) is 0. The highest BCUT2D eigenvalue weighted by atomic mass is 19.1. The van der Waals surface area contributed by atoms with Crippen molar-refractivity contribution in [2.45, 2.75) is 19.8 Å². The Kier molecular flexibility index (Phi) is 3.14. The minimum absolute atomic E-state index is 0.301. The van der Waals surface area contributed by atoms with E-state index in [9.17, 15) is 4.39 Å². The quantitative estimate of drug-likeness (QED) is 0.767. The highest BCUT2D eigenvalue weighted by Gasteiger charge is 2.05. The average molecular weight is 229 g/mol. The lowest BCUT2D eigenvalue weighted by Gasteiger charge is -2.09. The minimum atomic E-state index is -0.301. The van der Waals surface area contributed by atoms with Crippen LogP contribution in [-0.2, 0) is 0 Å². The zero-order chi connectivity index (χ0) is 12.4. The van der Waals surface area contributed by atoms with Crippen LogP contribution in [0, 0.1) is 5.82 Å². The Labute approximate surface area is 101 Å². The summed E-state index contributed by atoms with van der Waals surface area (Å²) in [7, 11) is 0. The van der Waals surface area contributed by atoms with E-state index in [1.165, 1.54) is 17.7 Å². The Bertz CT molecular complexity index is 515. The summed E-state index contributed by atoms with van der Waals surface area (Å²) in [4.78, 5) is 0. The van der Waals surface area contributed by atoms with Gasteiger partial charge >= 0.3 is 0 Å². The van der Waals surface area contributed by atoms with Gasteiger partial charge < -0.3 is 5.73 Å². The van der Waals surface area contributed by atoms with Crippen molar-refractivity contribution in [3.05, 3.63) is 53.8 Å². The molecule has 0 spiro atoms. The van der Waals surface area contributed by atoms with E-state index < -0.39 is 0 Å². The molecule has 0 aromatic heterocycles. The molecule has 2 heteroatoms. The number of halogens is 1. The van der Waals surface area contributed by atoms with Crippen molar-refractivity contribution < 1.29 is 4.39 Å². The third-order valence-electron chi connectivity index (χ3n) is 2.90. The van der Waals surface area contributed by atoms with Crippen molar-refractivity contribution in [1.29, 1.82) is 0 Å². The normalized spacial score (nSPS) is 10.8. The number of anilines is 1. The number of hydrogen-bond donors (Lipinski definition) is 1. The molecule has 0 aliphatic carbocycles. The lowest BCUT2D eigenvalue weighted by atomic mass is 9.98. The smallest absolute Gasteiger partial charge is 0.125 e. The van der Waals surface area contributed by atoms with Crippen LogP contribution in [0.2, 0.25) is 0 Å². The van der Waals surface area contributed by atoms with E-state index >= 15 is 0 Å². The van der Waals surface area contributed by atoms with Crippen LogP contribution in [0.5, 0.6) is 0 Å². The topological polar surface area (TPSA) is 26.0 Å². The van der Waals surface area contributed by atoms with Crippen molar-refractivity contribution in [2.75, 3.05) is 5.73 Å². The lowest BCUT2D eigenvalue weighted by molar-refractivity contribution is 0.628. The van der Waals surface area contributed by atoms with Crippen molar-refractivity contribution in [3.8, 4) is 11.1 Å². The van der Waals surface area contributed by atoms with Crippen molar-refractivity contribution in [3.63, 3.8) is 0 Å². The maximum Gasteiger partial charge on any atom is 0.125 e. The summed E-state index contributed by atoms with van der Waals surface area (Å²) in [6, 6.07) is 12.7. The molecular formula is C15H16FN. The van der Waals surface area contributed by atoms with Crippen LogP contribution in [-0.4, -0.2) is 0 Å². The molecule has 2 aromatic carbocycles. The van der Waals surface area contributed by atoms with Gasteiger partial charge in [0.15, 0.2) is 0 Å². The maximum absolute atomic E-state index is 13.0. The van der Waals surface area contributed by atoms with Crippen LogP contribution in [0.15, 0.2) is 42.5 Å². The van der Waals surface area contributed by atoms with Gasteiger partial charge in [-0.05, 0) is 35.2 Å². The van der Waals surface area contributed by atoms with Gasteiger partial charge in [-0.2, -0.15) is 0 Å². The summed E-state index contributed by atoms with van der Waals surface area (Å²) >= 11 is 0. The molecule has 2 aromatic rings. The minimum Gasteiger partial charge on any atom is -0.398 e. The monoisotopic (exact) mass is 229 g/mol. The summed E-state index contributed by atoms with van der Waals surface area (Å²) in [5.41, 5.74) is 9.47. The van der Waals surface area contributed by atoms with Gasteiger partial charge in [0, 0.05) is 11.3 Å². The molecule has 0 saturated heterocycles. The van der Waals surface area contributed by atoms with E-state index in [0.717, 1.165) is 11.1 Å². The zero-order valence-corrected chi connectivity index (χ0v) is 10.1. The van der Waals surface area contributed by atoms with Crippen molar-refractivity contribution >= 4 is 5.69 Å².